The largest absolute Gasteiger partial charge is 0.476 e. The second kappa shape index (κ2) is 4.29. The minimum absolute atomic E-state index is 0.0851. The van der Waals surface area contributed by atoms with Crippen LogP contribution in [0.1, 0.15) is 10.5 Å². The van der Waals surface area contributed by atoms with Crippen LogP contribution in [-0.4, -0.2) is 16.1 Å². The number of aromatic nitrogens is 1. The molecular weight excluding hydrogens is 228 g/mol. The van der Waals surface area contributed by atoms with Crippen LogP contribution in [-0.2, 0) is 0 Å². The summed E-state index contributed by atoms with van der Waals surface area (Å²) < 4.78 is 26.5. The molecule has 0 fully saturated rings. The van der Waals surface area contributed by atoms with E-state index in [1.165, 1.54) is 24.3 Å². The number of halogens is 2. The highest BCUT2D eigenvalue weighted by Crippen LogP contribution is 2.21. The molecule has 2 rings (SSSR count). The van der Waals surface area contributed by atoms with Crippen LogP contribution in [0, 0.1) is 11.6 Å². The van der Waals surface area contributed by atoms with Crippen molar-refractivity contribution in [2.75, 3.05) is 0 Å². The molecule has 0 bridgehead atoms. The van der Waals surface area contributed by atoms with E-state index in [-0.39, 0.29) is 11.3 Å². The van der Waals surface area contributed by atoms with E-state index >= 15 is 0 Å². The molecular formula is C12H7F2NO2. The van der Waals surface area contributed by atoms with Crippen molar-refractivity contribution in [3.8, 4) is 11.3 Å². The number of carboxylic acid groups (broad SMARTS) is 1. The summed E-state index contributed by atoms with van der Waals surface area (Å²) in [6, 6.07) is 7.95. The predicted octanol–water partition coefficient (Wildman–Crippen LogP) is 2.73. The van der Waals surface area contributed by atoms with Gasteiger partial charge in [-0.05, 0) is 24.3 Å². The van der Waals surface area contributed by atoms with Gasteiger partial charge >= 0.3 is 5.97 Å². The molecule has 0 radical (unpaired) electrons. The van der Waals surface area contributed by atoms with Gasteiger partial charge in [0.25, 0.3) is 0 Å². The summed E-state index contributed by atoms with van der Waals surface area (Å²) in [5, 5.41) is 8.71. The van der Waals surface area contributed by atoms with Crippen molar-refractivity contribution < 1.29 is 18.7 Å². The quantitative estimate of drug-likeness (QED) is 0.870. The monoisotopic (exact) mass is 235 g/mol. The summed E-state index contributed by atoms with van der Waals surface area (Å²) in [4.78, 5) is 14.3. The van der Waals surface area contributed by atoms with E-state index in [1.807, 2.05) is 0 Å². The fourth-order valence-electron chi connectivity index (χ4n) is 1.41. The maximum Gasteiger partial charge on any atom is 0.357 e. The number of rotatable bonds is 2. The van der Waals surface area contributed by atoms with Gasteiger partial charge in [0.05, 0.1) is 5.69 Å². The van der Waals surface area contributed by atoms with Gasteiger partial charge in [-0.1, -0.05) is 12.1 Å². The lowest BCUT2D eigenvalue weighted by Gasteiger charge is -2.04. The molecule has 0 saturated carbocycles. The van der Waals surface area contributed by atoms with Gasteiger partial charge in [0.1, 0.15) is 5.82 Å². The molecule has 3 nitrogen and oxygen atoms in total. The third-order valence-corrected chi connectivity index (χ3v) is 2.20. The van der Waals surface area contributed by atoms with Crippen LogP contribution in [0.25, 0.3) is 11.3 Å². The van der Waals surface area contributed by atoms with E-state index in [1.54, 1.807) is 6.07 Å². The van der Waals surface area contributed by atoms with Crippen LogP contribution in [0.4, 0.5) is 8.78 Å². The number of hydrogen-bond acceptors (Lipinski definition) is 2. The third kappa shape index (κ3) is 2.13. The van der Waals surface area contributed by atoms with E-state index in [9.17, 15) is 13.6 Å². The van der Waals surface area contributed by atoms with Crippen molar-refractivity contribution in [1.29, 1.82) is 0 Å². The highest BCUT2D eigenvalue weighted by Gasteiger charge is 2.14. The molecule has 1 N–H and O–H groups in total. The van der Waals surface area contributed by atoms with Gasteiger partial charge in [0, 0.05) is 5.56 Å². The minimum Gasteiger partial charge on any atom is -0.476 e. The van der Waals surface area contributed by atoms with E-state index < -0.39 is 23.3 Å². The van der Waals surface area contributed by atoms with Crippen molar-refractivity contribution in [3.05, 3.63) is 53.7 Å². The fraction of sp³-hybridized carbons (Fsp3) is 0. The number of carbonyl (C=O) groups is 1. The number of pyridine rings is 1. The van der Waals surface area contributed by atoms with Gasteiger partial charge in [-0.3, -0.25) is 0 Å². The molecule has 0 saturated heterocycles. The normalized spacial score (nSPS) is 10.2. The molecule has 5 heteroatoms. The summed E-state index contributed by atoms with van der Waals surface area (Å²) in [5.41, 5.74) is -0.498. The lowest BCUT2D eigenvalue weighted by molar-refractivity contribution is 0.0685. The molecule has 0 spiro atoms. The first kappa shape index (κ1) is 11.2. The van der Waals surface area contributed by atoms with E-state index in [0.29, 0.717) is 0 Å². The second-order valence-corrected chi connectivity index (χ2v) is 3.31. The Kier molecular flexibility index (Phi) is 2.82. The Morgan fingerprint density at radius 3 is 2.41 bits per heavy atom. The Labute approximate surface area is 95.4 Å². The zero-order chi connectivity index (χ0) is 12.4. The Balaban J connectivity index is 2.58. The standard InChI is InChI=1S/C12H7F2NO2/c13-8-4-2-1-3-7(8)10-6-5-9(14)11(15-10)12(16)17/h1-6H,(H,16,17). The van der Waals surface area contributed by atoms with Gasteiger partial charge in [-0.2, -0.15) is 0 Å². The molecule has 0 aliphatic carbocycles. The molecule has 1 aromatic heterocycles. The highest BCUT2D eigenvalue weighted by atomic mass is 19.1. The molecule has 0 atom stereocenters. The van der Waals surface area contributed by atoms with E-state index in [0.717, 1.165) is 6.07 Å². The molecule has 0 aliphatic rings. The van der Waals surface area contributed by atoms with Crippen LogP contribution < -0.4 is 0 Å². The Bertz CT molecular complexity index is 584. The van der Waals surface area contributed by atoms with Gasteiger partial charge in [0.2, 0.25) is 0 Å². The molecule has 1 aromatic carbocycles. The van der Waals surface area contributed by atoms with Crippen LogP contribution in [0.2, 0.25) is 0 Å². The first-order chi connectivity index (χ1) is 8.09. The minimum atomic E-state index is -1.49. The summed E-state index contributed by atoms with van der Waals surface area (Å²) in [7, 11) is 0. The number of hydrogen-bond donors (Lipinski definition) is 1. The third-order valence-electron chi connectivity index (χ3n) is 2.20. The van der Waals surface area contributed by atoms with E-state index in [4.69, 9.17) is 5.11 Å². The fourth-order valence-corrected chi connectivity index (χ4v) is 1.41. The van der Waals surface area contributed by atoms with Crippen LogP contribution in [0.3, 0.4) is 0 Å². The topological polar surface area (TPSA) is 50.2 Å². The van der Waals surface area contributed by atoms with Crippen LogP contribution in [0.15, 0.2) is 36.4 Å². The second-order valence-electron chi connectivity index (χ2n) is 3.31. The van der Waals surface area contributed by atoms with Crippen molar-refractivity contribution in [1.82, 2.24) is 4.98 Å². The molecule has 1 heterocycles. The summed E-state index contributed by atoms with van der Waals surface area (Å²) in [6.07, 6.45) is 0. The first-order valence-corrected chi connectivity index (χ1v) is 4.74. The molecule has 17 heavy (non-hydrogen) atoms. The van der Waals surface area contributed by atoms with Gasteiger partial charge < -0.3 is 5.11 Å². The van der Waals surface area contributed by atoms with Crippen LogP contribution in [0.5, 0.6) is 0 Å². The summed E-state index contributed by atoms with van der Waals surface area (Å²) >= 11 is 0. The lowest BCUT2D eigenvalue weighted by Crippen LogP contribution is -2.05. The zero-order valence-corrected chi connectivity index (χ0v) is 8.52. The van der Waals surface area contributed by atoms with Crippen LogP contribution >= 0.6 is 0 Å². The summed E-state index contributed by atoms with van der Waals surface area (Å²) in [6.45, 7) is 0. The molecule has 2 aromatic rings. The Hall–Kier alpha value is -2.30. The average Bonchev–Trinajstić information content (AvgIpc) is 2.30. The Morgan fingerprint density at radius 1 is 1.06 bits per heavy atom. The molecule has 0 amide bonds. The van der Waals surface area contributed by atoms with Crippen molar-refractivity contribution >= 4 is 5.97 Å². The van der Waals surface area contributed by atoms with Crippen molar-refractivity contribution in [2.24, 2.45) is 0 Å². The van der Waals surface area contributed by atoms with E-state index in [2.05, 4.69) is 4.98 Å². The average molecular weight is 235 g/mol. The van der Waals surface area contributed by atoms with Gasteiger partial charge in [-0.25, -0.2) is 18.6 Å². The predicted molar refractivity (Wildman–Crippen MR) is 56.5 cm³/mol. The SMILES string of the molecule is O=C(O)c1nc(-c2ccccc2F)ccc1F. The van der Waals surface area contributed by atoms with Crippen molar-refractivity contribution in [2.45, 2.75) is 0 Å². The number of nitrogens with zero attached hydrogens (tertiary/aromatic N) is 1. The first-order valence-electron chi connectivity index (χ1n) is 4.74. The Morgan fingerprint density at radius 2 is 1.76 bits per heavy atom. The lowest BCUT2D eigenvalue weighted by atomic mass is 10.1. The van der Waals surface area contributed by atoms with Gasteiger partial charge in [-0.15, -0.1) is 0 Å². The molecule has 86 valence electrons. The maximum atomic E-state index is 13.4. The molecule has 0 aliphatic heterocycles. The number of aromatic carboxylic acids is 1. The zero-order valence-electron chi connectivity index (χ0n) is 8.52. The maximum absolute atomic E-state index is 13.4. The smallest absolute Gasteiger partial charge is 0.357 e. The molecule has 0 unspecified atom stereocenters. The highest BCUT2D eigenvalue weighted by molar-refractivity contribution is 5.86. The number of benzene rings is 1. The van der Waals surface area contributed by atoms with Crippen molar-refractivity contribution in [3.63, 3.8) is 0 Å². The van der Waals surface area contributed by atoms with Gasteiger partial charge in [0.15, 0.2) is 11.5 Å². The number of carboxylic acids is 1. The summed E-state index contributed by atoms with van der Waals surface area (Å²) in [5.74, 6) is -2.97.